The molecule has 0 amide bonds. The van der Waals surface area contributed by atoms with E-state index in [-0.39, 0.29) is 11.3 Å². The van der Waals surface area contributed by atoms with Gasteiger partial charge < -0.3 is 5.32 Å². The predicted molar refractivity (Wildman–Crippen MR) is 65.5 cm³/mol. The number of aryl methyl sites for hydroxylation is 1. The third-order valence-electron chi connectivity index (χ3n) is 2.62. The Bertz CT molecular complexity index is 652. The van der Waals surface area contributed by atoms with Gasteiger partial charge in [-0.25, -0.2) is 13.2 Å². The van der Waals surface area contributed by atoms with Crippen LogP contribution in [0.5, 0.6) is 0 Å². The maximum absolute atomic E-state index is 13.7. The van der Waals surface area contributed by atoms with Crippen LogP contribution >= 0.6 is 0 Å². The van der Waals surface area contributed by atoms with Crippen molar-refractivity contribution in [1.29, 1.82) is 5.26 Å². The van der Waals surface area contributed by atoms with Gasteiger partial charge >= 0.3 is 0 Å². The van der Waals surface area contributed by atoms with E-state index in [1.807, 2.05) is 0 Å². The molecule has 96 valence electrons. The molecular weight excluding hydrogens is 253 g/mol. The standard InChI is InChI=1S/C14H9F3N2/c1-8-4-10(15)2-3-13(8)19-14-11(16)5-9(7-18)6-12(14)17/h2-6,19H,1H3. The second kappa shape index (κ2) is 5.02. The minimum Gasteiger partial charge on any atom is -0.351 e. The fraction of sp³-hybridized carbons (Fsp3) is 0.0714. The lowest BCUT2D eigenvalue weighted by atomic mass is 10.1. The Morgan fingerprint density at radius 1 is 1.05 bits per heavy atom. The van der Waals surface area contributed by atoms with Gasteiger partial charge in [0.05, 0.1) is 11.6 Å². The first-order valence-corrected chi connectivity index (χ1v) is 5.43. The van der Waals surface area contributed by atoms with E-state index in [0.29, 0.717) is 11.3 Å². The first-order chi connectivity index (χ1) is 9.01. The molecule has 0 saturated heterocycles. The van der Waals surface area contributed by atoms with Crippen molar-refractivity contribution in [3.63, 3.8) is 0 Å². The maximum atomic E-state index is 13.7. The molecule has 0 heterocycles. The summed E-state index contributed by atoms with van der Waals surface area (Å²) in [4.78, 5) is 0. The largest absolute Gasteiger partial charge is 0.351 e. The molecule has 2 aromatic rings. The normalized spacial score (nSPS) is 10.1. The summed E-state index contributed by atoms with van der Waals surface area (Å²) >= 11 is 0. The fourth-order valence-electron chi connectivity index (χ4n) is 1.66. The molecule has 0 atom stereocenters. The number of rotatable bonds is 2. The van der Waals surface area contributed by atoms with E-state index in [9.17, 15) is 13.2 Å². The van der Waals surface area contributed by atoms with Crippen molar-refractivity contribution >= 4 is 11.4 Å². The lowest BCUT2D eigenvalue weighted by Gasteiger charge is -2.11. The van der Waals surface area contributed by atoms with E-state index in [1.54, 1.807) is 13.0 Å². The molecule has 0 unspecified atom stereocenters. The third-order valence-corrected chi connectivity index (χ3v) is 2.62. The van der Waals surface area contributed by atoms with Gasteiger partial charge in [0.2, 0.25) is 0 Å². The molecule has 0 spiro atoms. The molecule has 19 heavy (non-hydrogen) atoms. The van der Waals surface area contributed by atoms with Crippen LogP contribution in [-0.2, 0) is 0 Å². The maximum Gasteiger partial charge on any atom is 0.150 e. The van der Waals surface area contributed by atoms with Crippen molar-refractivity contribution in [3.8, 4) is 6.07 Å². The van der Waals surface area contributed by atoms with Crippen LogP contribution < -0.4 is 5.32 Å². The summed E-state index contributed by atoms with van der Waals surface area (Å²) < 4.78 is 40.3. The molecule has 0 aliphatic heterocycles. The second-order valence-corrected chi connectivity index (χ2v) is 4.01. The SMILES string of the molecule is Cc1cc(F)ccc1Nc1c(F)cc(C#N)cc1F. The highest BCUT2D eigenvalue weighted by molar-refractivity contribution is 5.64. The van der Waals surface area contributed by atoms with Crippen LogP contribution in [0.2, 0.25) is 0 Å². The van der Waals surface area contributed by atoms with Crippen molar-refractivity contribution in [1.82, 2.24) is 0 Å². The van der Waals surface area contributed by atoms with Gasteiger partial charge in [-0.1, -0.05) is 0 Å². The average Bonchev–Trinajstić information content (AvgIpc) is 2.35. The Kier molecular flexibility index (Phi) is 3.43. The molecule has 0 radical (unpaired) electrons. The van der Waals surface area contributed by atoms with Gasteiger partial charge in [-0.3, -0.25) is 0 Å². The van der Waals surface area contributed by atoms with Crippen molar-refractivity contribution in [2.75, 3.05) is 5.32 Å². The molecule has 1 N–H and O–H groups in total. The summed E-state index contributed by atoms with van der Waals surface area (Å²) in [5.41, 5.74) is 0.442. The first-order valence-electron chi connectivity index (χ1n) is 5.43. The average molecular weight is 262 g/mol. The number of nitrogens with one attached hydrogen (secondary N) is 1. The second-order valence-electron chi connectivity index (χ2n) is 4.01. The van der Waals surface area contributed by atoms with E-state index in [0.717, 1.165) is 12.1 Å². The van der Waals surface area contributed by atoms with Crippen LogP contribution in [0.1, 0.15) is 11.1 Å². The minimum atomic E-state index is -0.875. The minimum absolute atomic E-state index is 0.101. The smallest absolute Gasteiger partial charge is 0.150 e. The van der Waals surface area contributed by atoms with Gasteiger partial charge in [0.1, 0.15) is 11.5 Å². The number of hydrogen-bond acceptors (Lipinski definition) is 2. The summed E-state index contributed by atoms with van der Waals surface area (Å²) in [7, 11) is 0. The number of nitrogens with zero attached hydrogens (tertiary/aromatic N) is 1. The predicted octanol–water partition coefficient (Wildman–Crippen LogP) is 4.03. The molecule has 0 aromatic heterocycles. The van der Waals surface area contributed by atoms with Crippen LogP contribution in [0.15, 0.2) is 30.3 Å². The van der Waals surface area contributed by atoms with E-state index >= 15 is 0 Å². The van der Waals surface area contributed by atoms with Crippen LogP contribution in [0.25, 0.3) is 0 Å². The van der Waals surface area contributed by atoms with E-state index in [1.165, 1.54) is 18.2 Å². The highest BCUT2D eigenvalue weighted by Crippen LogP contribution is 2.26. The van der Waals surface area contributed by atoms with Gasteiger partial charge in [0.15, 0.2) is 11.6 Å². The van der Waals surface area contributed by atoms with Crippen LogP contribution in [0.4, 0.5) is 24.5 Å². The summed E-state index contributed by atoms with van der Waals surface area (Å²) in [5, 5.41) is 11.2. The molecule has 0 bridgehead atoms. The van der Waals surface area contributed by atoms with Crippen molar-refractivity contribution in [2.45, 2.75) is 6.92 Å². The summed E-state index contributed by atoms with van der Waals surface area (Å²) in [6.45, 7) is 1.62. The summed E-state index contributed by atoms with van der Waals surface area (Å²) in [6, 6.07) is 7.36. The molecule has 0 saturated carbocycles. The van der Waals surface area contributed by atoms with E-state index in [4.69, 9.17) is 5.26 Å². The van der Waals surface area contributed by atoms with Gasteiger partial charge in [-0.2, -0.15) is 5.26 Å². The number of hydrogen-bond donors (Lipinski definition) is 1. The van der Waals surface area contributed by atoms with E-state index in [2.05, 4.69) is 5.32 Å². The molecule has 0 fully saturated rings. The first kappa shape index (κ1) is 13.0. The Labute approximate surface area is 108 Å². The zero-order valence-electron chi connectivity index (χ0n) is 9.97. The highest BCUT2D eigenvalue weighted by Gasteiger charge is 2.12. The van der Waals surface area contributed by atoms with Crippen LogP contribution in [0, 0.1) is 35.7 Å². The highest BCUT2D eigenvalue weighted by atomic mass is 19.1. The van der Waals surface area contributed by atoms with Gasteiger partial charge in [-0.15, -0.1) is 0 Å². The molecule has 0 aliphatic carbocycles. The van der Waals surface area contributed by atoms with Crippen LogP contribution in [0.3, 0.4) is 0 Å². The monoisotopic (exact) mass is 262 g/mol. The van der Waals surface area contributed by atoms with Crippen molar-refractivity contribution < 1.29 is 13.2 Å². The quantitative estimate of drug-likeness (QED) is 0.887. The summed E-state index contributed by atoms with van der Waals surface area (Å²) in [5.74, 6) is -2.18. The molecule has 2 nitrogen and oxygen atoms in total. The molecule has 2 rings (SSSR count). The summed E-state index contributed by atoms with van der Waals surface area (Å²) in [6.07, 6.45) is 0. The van der Waals surface area contributed by atoms with E-state index < -0.39 is 17.5 Å². The van der Waals surface area contributed by atoms with Gasteiger partial charge in [0, 0.05) is 5.69 Å². The fourth-order valence-corrected chi connectivity index (χ4v) is 1.66. The Morgan fingerprint density at radius 3 is 2.21 bits per heavy atom. The lowest BCUT2D eigenvalue weighted by Crippen LogP contribution is -2.00. The van der Waals surface area contributed by atoms with Crippen molar-refractivity contribution in [2.24, 2.45) is 0 Å². The van der Waals surface area contributed by atoms with Crippen LogP contribution in [-0.4, -0.2) is 0 Å². The number of nitriles is 1. The zero-order valence-corrected chi connectivity index (χ0v) is 9.97. The number of benzene rings is 2. The zero-order chi connectivity index (χ0) is 14.0. The van der Waals surface area contributed by atoms with Crippen molar-refractivity contribution in [3.05, 3.63) is 58.9 Å². The number of halogens is 3. The Balaban J connectivity index is 2.41. The molecular formula is C14H9F3N2. The third kappa shape index (κ3) is 2.68. The lowest BCUT2D eigenvalue weighted by molar-refractivity contribution is 0.590. The van der Waals surface area contributed by atoms with Gasteiger partial charge in [0.25, 0.3) is 0 Å². The molecule has 0 aliphatic rings. The van der Waals surface area contributed by atoms with Gasteiger partial charge in [-0.05, 0) is 42.8 Å². The Hall–Kier alpha value is -2.48. The number of anilines is 2. The molecule has 5 heteroatoms. The topological polar surface area (TPSA) is 35.8 Å². The Morgan fingerprint density at radius 2 is 1.68 bits per heavy atom. The molecule has 2 aromatic carbocycles.